The van der Waals surface area contributed by atoms with E-state index in [1.807, 2.05) is 0 Å². The minimum atomic E-state index is -0.272. The smallest absolute Gasteiger partial charge is 0.234 e. The summed E-state index contributed by atoms with van der Waals surface area (Å²) in [5.41, 5.74) is 0.969. The van der Waals surface area contributed by atoms with Gasteiger partial charge in [-0.25, -0.2) is 4.39 Å². The number of amides is 1. The molecule has 0 spiro atoms. The molecule has 2 unspecified atom stereocenters. The van der Waals surface area contributed by atoms with Crippen molar-refractivity contribution >= 4 is 5.91 Å². The quantitative estimate of drug-likeness (QED) is 0.840. The Balaban J connectivity index is 1.99. The summed E-state index contributed by atoms with van der Waals surface area (Å²) in [6.07, 6.45) is 1.72. The van der Waals surface area contributed by atoms with Gasteiger partial charge in [0, 0.05) is 13.2 Å². The van der Waals surface area contributed by atoms with Crippen molar-refractivity contribution in [2.24, 2.45) is 11.3 Å². The maximum Gasteiger partial charge on any atom is 0.234 e. The number of halogens is 1. The molecule has 5 heteroatoms. The summed E-state index contributed by atoms with van der Waals surface area (Å²) in [5, 5.41) is 12.3. The molecule has 1 heterocycles. The number of benzene rings is 1. The molecule has 0 aliphatic carbocycles. The summed E-state index contributed by atoms with van der Waals surface area (Å²) in [4.78, 5) is 14.5. The number of aliphatic hydroxyl groups is 1. The predicted molar refractivity (Wildman–Crippen MR) is 93.0 cm³/mol. The van der Waals surface area contributed by atoms with Gasteiger partial charge in [0.2, 0.25) is 5.91 Å². The zero-order valence-corrected chi connectivity index (χ0v) is 14.9. The van der Waals surface area contributed by atoms with Gasteiger partial charge in [-0.15, -0.1) is 0 Å². The van der Waals surface area contributed by atoms with E-state index in [4.69, 9.17) is 0 Å². The number of rotatable bonds is 6. The molecule has 4 nitrogen and oxygen atoms in total. The third-order valence-electron chi connectivity index (χ3n) is 4.42. The average molecular weight is 336 g/mol. The Labute approximate surface area is 144 Å². The van der Waals surface area contributed by atoms with E-state index in [9.17, 15) is 14.3 Å². The number of nitrogens with zero attached hydrogens (tertiary/aromatic N) is 1. The molecule has 24 heavy (non-hydrogen) atoms. The van der Waals surface area contributed by atoms with Gasteiger partial charge < -0.3 is 10.4 Å². The van der Waals surface area contributed by atoms with Crippen LogP contribution in [0.1, 0.15) is 45.2 Å². The zero-order valence-electron chi connectivity index (χ0n) is 14.9. The van der Waals surface area contributed by atoms with Gasteiger partial charge in [0.25, 0.3) is 0 Å². The van der Waals surface area contributed by atoms with Crippen LogP contribution in [0, 0.1) is 17.2 Å². The van der Waals surface area contributed by atoms with E-state index in [0.717, 1.165) is 31.5 Å². The molecule has 134 valence electrons. The van der Waals surface area contributed by atoms with Crippen molar-refractivity contribution in [2.75, 3.05) is 26.2 Å². The summed E-state index contributed by atoms with van der Waals surface area (Å²) in [5.74, 6) is -0.0147. The second kappa shape index (κ2) is 8.08. The molecule has 1 aliphatic rings. The minimum Gasteiger partial charge on any atom is -0.396 e. The summed E-state index contributed by atoms with van der Waals surface area (Å²) in [6.45, 7) is 8.52. The van der Waals surface area contributed by atoms with Crippen molar-refractivity contribution in [1.29, 1.82) is 0 Å². The molecule has 2 rings (SSSR count). The monoisotopic (exact) mass is 336 g/mol. The summed E-state index contributed by atoms with van der Waals surface area (Å²) in [7, 11) is 0. The van der Waals surface area contributed by atoms with Gasteiger partial charge in [-0.1, -0.05) is 32.9 Å². The topological polar surface area (TPSA) is 52.6 Å². The van der Waals surface area contributed by atoms with Gasteiger partial charge in [-0.05, 0) is 48.4 Å². The Kier molecular flexibility index (Phi) is 6.35. The van der Waals surface area contributed by atoms with Gasteiger partial charge in [0.05, 0.1) is 12.6 Å². The van der Waals surface area contributed by atoms with Crippen LogP contribution in [0.2, 0.25) is 0 Å². The van der Waals surface area contributed by atoms with Crippen LogP contribution in [0.5, 0.6) is 0 Å². The number of carbonyl (C=O) groups is 1. The van der Waals surface area contributed by atoms with E-state index in [1.54, 1.807) is 12.1 Å². The lowest BCUT2D eigenvalue weighted by molar-refractivity contribution is -0.123. The van der Waals surface area contributed by atoms with Crippen LogP contribution < -0.4 is 5.32 Å². The maximum absolute atomic E-state index is 13.2. The molecule has 0 bridgehead atoms. The molecule has 0 aromatic heterocycles. The lowest BCUT2D eigenvalue weighted by atomic mass is 9.85. The van der Waals surface area contributed by atoms with Crippen LogP contribution in [-0.2, 0) is 4.79 Å². The highest BCUT2D eigenvalue weighted by molar-refractivity contribution is 5.78. The number of likely N-dealkylation sites (tertiary alicyclic amines) is 1. The van der Waals surface area contributed by atoms with E-state index < -0.39 is 0 Å². The lowest BCUT2D eigenvalue weighted by Gasteiger charge is -2.28. The minimum absolute atomic E-state index is 0.0211. The second-order valence-corrected chi connectivity index (χ2v) is 8.01. The molecule has 2 N–H and O–H groups in total. The fourth-order valence-corrected chi connectivity index (χ4v) is 3.21. The normalized spacial score (nSPS) is 20.1. The molecular formula is C19H29FN2O2. The number of aliphatic hydroxyl groups excluding tert-OH is 1. The Morgan fingerprint density at radius 1 is 1.38 bits per heavy atom. The number of hydrogen-bond acceptors (Lipinski definition) is 3. The summed E-state index contributed by atoms with van der Waals surface area (Å²) >= 11 is 0. The van der Waals surface area contributed by atoms with Crippen LogP contribution in [-0.4, -0.2) is 42.2 Å². The van der Waals surface area contributed by atoms with Crippen molar-refractivity contribution in [3.63, 3.8) is 0 Å². The fourth-order valence-electron chi connectivity index (χ4n) is 3.21. The van der Waals surface area contributed by atoms with Gasteiger partial charge in [0.15, 0.2) is 0 Å². The van der Waals surface area contributed by atoms with E-state index in [2.05, 4.69) is 31.0 Å². The van der Waals surface area contributed by atoms with Crippen LogP contribution >= 0.6 is 0 Å². The van der Waals surface area contributed by atoms with E-state index in [1.165, 1.54) is 12.1 Å². The first-order valence-electron chi connectivity index (χ1n) is 8.65. The first-order valence-corrected chi connectivity index (χ1v) is 8.65. The molecule has 1 amide bonds. The second-order valence-electron chi connectivity index (χ2n) is 8.01. The predicted octanol–water partition coefficient (Wildman–Crippen LogP) is 2.73. The SMILES string of the molecule is CC(C)(C)CC(NC(=O)CN1CCC(CO)C1)c1ccc(F)cc1. The van der Waals surface area contributed by atoms with Crippen LogP contribution in [0.3, 0.4) is 0 Å². The standard InChI is InChI=1S/C19H29FN2O2/c1-19(2,3)10-17(15-4-6-16(20)7-5-15)21-18(24)12-22-9-8-14(11-22)13-23/h4-7,14,17,23H,8-13H2,1-3H3,(H,21,24). The van der Waals surface area contributed by atoms with E-state index in [-0.39, 0.29) is 35.7 Å². The first kappa shape index (κ1) is 18.9. The molecule has 1 aromatic carbocycles. The van der Waals surface area contributed by atoms with Crippen molar-refractivity contribution in [1.82, 2.24) is 10.2 Å². The number of carbonyl (C=O) groups excluding carboxylic acids is 1. The summed E-state index contributed by atoms with van der Waals surface area (Å²) < 4.78 is 13.2. The van der Waals surface area contributed by atoms with Gasteiger partial charge in [0.1, 0.15) is 5.82 Å². The van der Waals surface area contributed by atoms with Gasteiger partial charge >= 0.3 is 0 Å². The average Bonchev–Trinajstić information content (AvgIpc) is 2.93. The largest absolute Gasteiger partial charge is 0.396 e. The molecule has 0 radical (unpaired) electrons. The molecule has 2 atom stereocenters. The third kappa shape index (κ3) is 5.87. The lowest BCUT2D eigenvalue weighted by Crippen LogP contribution is -2.39. The van der Waals surface area contributed by atoms with Crippen LogP contribution in [0.25, 0.3) is 0 Å². The van der Waals surface area contributed by atoms with Gasteiger partial charge in [-0.2, -0.15) is 0 Å². The van der Waals surface area contributed by atoms with Crippen LogP contribution in [0.4, 0.5) is 4.39 Å². The van der Waals surface area contributed by atoms with Crippen LogP contribution in [0.15, 0.2) is 24.3 Å². The molecule has 1 fully saturated rings. The Morgan fingerprint density at radius 2 is 2.04 bits per heavy atom. The molecular weight excluding hydrogens is 307 g/mol. The molecule has 1 saturated heterocycles. The zero-order chi connectivity index (χ0) is 17.7. The first-order chi connectivity index (χ1) is 11.3. The Bertz CT molecular complexity index is 539. The highest BCUT2D eigenvalue weighted by Crippen LogP contribution is 2.29. The van der Waals surface area contributed by atoms with Crippen molar-refractivity contribution < 1.29 is 14.3 Å². The highest BCUT2D eigenvalue weighted by Gasteiger charge is 2.26. The third-order valence-corrected chi connectivity index (χ3v) is 4.42. The van der Waals surface area contributed by atoms with Crippen molar-refractivity contribution in [3.8, 4) is 0 Å². The van der Waals surface area contributed by atoms with Crippen molar-refractivity contribution in [3.05, 3.63) is 35.6 Å². The molecule has 1 aromatic rings. The highest BCUT2D eigenvalue weighted by atomic mass is 19.1. The van der Waals surface area contributed by atoms with Crippen molar-refractivity contribution in [2.45, 2.75) is 39.7 Å². The number of hydrogen-bond donors (Lipinski definition) is 2. The Hall–Kier alpha value is -1.46. The molecule has 1 aliphatic heterocycles. The Morgan fingerprint density at radius 3 is 2.58 bits per heavy atom. The van der Waals surface area contributed by atoms with Gasteiger partial charge in [-0.3, -0.25) is 9.69 Å². The number of nitrogens with one attached hydrogen (secondary N) is 1. The summed E-state index contributed by atoms with van der Waals surface area (Å²) in [6, 6.07) is 6.22. The maximum atomic E-state index is 13.2. The molecule has 0 saturated carbocycles. The van der Waals surface area contributed by atoms with E-state index >= 15 is 0 Å². The fraction of sp³-hybridized carbons (Fsp3) is 0.632. The van der Waals surface area contributed by atoms with E-state index in [0.29, 0.717) is 6.54 Å².